The van der Waals surface area contributed by atoms with Crippen molar-refractivity contribution < 1.29 is 13.9 Å². The van der Waals surface area contributed by atoms with E-state index in [4.69, 9.17) is 28.9 Å². The number of benzene rings is 1. The van der Waals surface area contributed by atoms with E-state index >= 15 is 0 Å². The van der Waals surface area contributed by atoms with Crippen molar-refractivity contribution in [1.82, 2.24) is 0 Å². The van der Waals surface area contributed by atoms with E-state index in [1.54, 1.807) is 13.0 Å². The maximum absolute atomic E-state index is 13.7. The Hall–Kier alpha value is -0.840. The van der Waals surface area contributed by atoms with E-state index in [0.717, 1.165) is 0 Å². The lowest BCUT2D eigenvalue weighted by Crippen LogP contribution is -2.32. The van der Waals surface area contributed by atoms with Gasteiger partial charge < -0.3 is 10.5 Å². The van der Waals surface area contributed by atoms with Crippen molar-refractivity contribution >= 4 is 29.2 Å². The lowest BCUT2D eigenvalue weighted by atomic mass is 10.0. The van der Waals surface area contributed by atoms with E-state index in [-0.39, 0.29) is 22.2 Å². The SMILES string of the molecule is CCOC(=O)C(F)[C@@H](N)c1c(Cl)cccc1Cl. The molecule has 0 amide bonds. The number of carbonyl (C=O) groups is 1. The van der Waals surface area contributed by atoms with Crippen molar-refractivity contribution in [3.63, 3.8) is 0 Å². The van der Waals surface area contributed by atoms with Crippen molar-refractivity contribution in [2.45, 2.75) is 19.1 Å². The summed E-state index contributed by atoms with van der Waals surface area (Å²) in [7, 11) is 0. The third kappa shape index (κ3) is 3.31. The van der Waals surface area contributed by atoms with Crippen LogP contribution in [-0.2, 0) is 9.53 Å². The highest BCUT2D eigenvalue weighted by atomic mass is 35.5. The summed E-state index contributed by atoms with van der Waals surface area (Å²) >= 11 is 11.7. The molecule has 1 rings (SSSR count). The van der Waals surface area contributed by atoms with Crippen molar-refractivity contribution in [3.8, 4) is 0 Å². The highest BCUT2D eigenvalue weighted by molar-refractivity contribution is 6.36. The zero-order chi connectivity index (χ0) is 13.0. The first-order valence-corrected chi connectivity index (χ1v) is 5.74. The van der Waals surface area contributed by atoms with E-state index in [2.05, 4.69) is 4.74 Å². The molecular weight excluding hydrogens is 268 g/mol. The minimum atomic E-state index is -1.99. The predicted octanol–water partition coefficient (Wildman–Crippen LogP) is 2.89. The molecule has 0 aliphatic heterocycles. The third-order valence-electron chi connectivity index (χ3n) is 2.16. The molecule has 0 spiro atoms. The summed E-state index contributed by atoms with van der Waals surface area (Å²) in [5, 5.41) is 0.439. The molecule has 0 saturated heterocycles. The lowest BCUT2D eigenvalue weighted by molar-refractivity contribution is -0.149. The van der Waals surface area contributed by atoms with Gasteiger partial charge in [-0.05, 0) is 19.1 Å². The van der Waals surface area contributed by atoms with Gasteiger partial charge in [0.05, 0.1) is 12.6 Å². The highest BCUT2D eigenvalue weighted by Gasteiger charge is 2.30. The standard InChI is InChI=1S/C11H12Cl2FNO2/c1-2-17-11(16)9(14)10(15)8-6(12)4-3-5-7(8)13/h3-5,9-10H,2,15H2,1H3/t9?,10-/m0/s1. The quantitative estimate of drug-likeness (QED) is 0.863. The molecule has 17 heavy (non-hydrogen) atoms. The van der Waals surface area contributed by atoms with Crippen LogP contribution in [0.4, 0.5) is 4.39 Å². The molecule has 2 atom stereocenters. The summed E-state index contributed by atoms with van der Waals surface area (Å²) in [4.78, 5) is 11.2. The van der Waals surface area contributed by atoms with E-state index in [9.17, 15) is 9.18 Å². The molecule has 1 unspecified atom stereocenters. The van der Waals surface area contributed by atoms with Crippen LogP contribution in [0.3, 0.4) is 0 Å². The lowest BCUT2D eigenvalue weighted by Gasteiger charge is -2.18. The Morgan fingerprint density at radius 1 is 1.47 bits per heavy atom. The Bertz CT molecular complexity index is 394. The van der Waals surface area contributed by atoms with Crippen LogP contribution in [0.15, 0.2) is 18.2 Å². The highest BCUT2D eigenvalue weighted by Crippen LogP contribution is 2.31. The van der Waals surface area contributed by atoms with Gasteiger partial charge in [0.2, 0.25) is 6.17 Å². The summed E-state index contributed by atoms with van der Waals surface area (Å²) < 4.78 is 18.3. The van der Waals surface area contributed by atoms with Crippen molar-refractivity contribution in [3.05, 3.63) is 33.8 Å². The zero-order valence-electron chi connectivity index (χ0n) is 9.12. The molecule has 1 aromatic rings. The molecule has 3 nitrogen and oxygen atoms in total. The second-order valence-electron chi connectivity index (χ2n) is 3.31. The zero-order valence-corrected chi connectivity index (χ0v) is 10.6. The summed E-state index contributed by atoms with van der Waals surface area (Å²) in [6.45, 7) is 1.67. The first kappa shape index (κ1) is 14.2. The van der Waals surface area contributed by atoms with Crippen LogP contribution in [0.2, 0.25) is 10.0 Å². The Labute approximate surface area is 109 Å². The van der Waals surface area contributed by atoms with Gasteiger partial charge in [0.25, 0.3) is 0 Å². The average molecular weight is 280 g/mol. The normalized spacial score (nSPS) is 14.2. The second-order valence-corrected chi connectivity index (χ2v) is 4.13. The molecule has 0 bridgehead atoms. The molecule has 0 heterocycles. The fourth-order valence-electron chi connectivity index (χ4n) is 1.34. The van der Waals surface area contributed by atoms with Gasteiger partial charge in [-0.2, -0.15) is 0 Å². The van der Waals surface area contributed by atoms with Crippen LogP contribution in [0.5, 0.6) is 0 Å². The topological polar surface area (TPSA) is 52.3 Å². The van der Waals surface area contributed by atoms with Gasteiger partial charge in [-0.3, -0.25) is 0 Å². The Kier molecular flexibility index (Phi) is 5.18. The largest absolute Gasteiger partial charge is 0.464 e. The number of nitrogens with two attached hydrogens (primary N) is 1. The first-order chi connectivity index (χ1) is 7.99. The van der Waals surface area contributed by atoms with Crippen LogP contribution in [0.25, 0.3) is 0 Å². The minimum Gasteiger partial charge on any atom is -0.464 e. The number of hydrogen-bond acceptors (Lipinski definition) is 3. The van der Waals surface area contributed by atoms with Gasteiger partial charge in [-0.15, -0.1) is 0 Å². The average Bonchev–Trinajstić information content (AvgIpc) is 2.27. The maximum Gasteiger partial charge on any atom is 0.342 e. The molecule has 1 aromatic carbocycles. The molecule has 0 aromatic heterocycles. The Balaban J connectivity index is 2.96. The van der Waals surface area contributed by atoms with Gasteiger partial charge in [-0.1, -0.05) is 29.3 Å². The van der Waals surface area contributed by atoms with E-state index in [1.165, 1.54) is 12.1 Å². The Morgan fingerprint density at radius 3 is 2.47 bits per heavy atom. The van der Waals surface area contributed by atoms with E-state index < -0.39 is 18.2 Å². The fourth-order valence-corrected chi connectivity index (χ4v) is 1.99. The first-order valence-electron chi connectivity index (χ1n) is 4.99. The monoisotopic (exact) mass is 279 g/mol. The number of halogens is 3. The third-order valence-corrected chi connectivity index (χ3v) is 2.82. The molecule has 0 aliphatic carbocycles. The van der Waals surface area contributed by atoms with Crippen molar-refractivity contribution in [2.24, 2.45) is 5.73 Å². The molecule has 6 heteroatoms. The summed E-state index contributed by atoms with van der Waals surface area (Å²) in [5.74, 6) is -1.02. The molecule has 0 radical (unpaired) electrons. The van der Waals surface area contributed by atoms with E-state index in [1.807, 2.05) is 0 Å². The maximum atomic E-state index is 13.7. The van der Waals surface area contributed by atoms with Gasteiger partial charge in [-0.25, -0.2) is 9.18 Å². The molecule has 0 saturated carbocycles. The number of alkyl halides is 1. The van der Waals surface area contributed by atoms with Crippen LogP contribution in [0, 0.1) is 0 Å². The number of ether oxygens (including phenoxy) is 1. The molecule has 0 fully saturated rings. The molecule has 94 valence electrons. The Morgan fingerprint density at radius 2 is 2.00 bits per heavy atom. The van der Waals surface area contributed by atoms with Crippen LogP contribution in [0.1, 0.15) is 18.5 Å². The predicted molar refractivity (Wildman–Crippen MR) is 64.9 cm³/mol. The van der Waals surface area contributed by atoms with Gasteiger partial charge >= 0.3 is 5.97 Å². The summed E-state index contributed by atoms with van der Waals surface area (Å²) in [6.07, 6.45) is -1.99. The van der Waals surface area contributed by atoms with Gasteiger partial charge in [0, 0.05) is 15.6 Å². The van der Waals surface area contributed by atoms with Crippen LogP contribution in [-0.4, -0.2) is 18.7 Å². The summed E-state index contributed by atoms with van der Waals surface area (Å²) in [5.41, 5.74) is 5.83. The van der Waals surface area contributed by atoms with E-state index in [0.29, 0.717) is 0 Å². The van der Waals surface area contributed by atoms with Crippen molar-refractivity contribution in [2.75, 3.05) is 6.61 Å². The molecule has 2 N–H and O–H groups in total. The van der Waals surface area contributed by atoms with Crippen LogP contribution < -0.4 is 5.73 Å². The molecular formula is C11H12Cl2FNO2. The minimum absolute atomic E-state index is 0.0855. The number of carbonyl (C=O) groups excluding carboxylic acids is 1. The fraction of sp³-hybridized carbons (Fsp3) is 0.364. The molecule has 0 aliphatic rings. The number of esters is 1. The smallest absolute Gasteiger partial charge is 0.342 e. The van der Waals surface area contributed by atoms with Gasteiger partial charge in [0.15, 0.2) is 0 Å². The number of hydrogen-bond donors (Lipinski definition) is 1. The van der Waals surface area contributed by atoms with Crippen molar-refractivity contribution in [1.29, 1.82) is 0 Å². The van der Waals surface area contributed by atoms with Gasteiger partial charge in [0.1, 0.15) is 0 Å². The second kappa shape index (κ2) is 6.19. The van der Waals surface area contributed by atoms with Crippen LogP contribution >= 0.6 is 23.2 Å². The summed E-state index contributed by atoms with van der Waals surface area (Å²) in [6, 6.07) is 3.43. The number of rotatable bonds is 4.